The second kappa shape index (κ2) is 4.05. The summed E-state index contributed by atoms with van der Waals surface area (Å²) in [6.45, 7) is 4.14. The molecule has 15 heavy (non-hydrogen) atoms. The standard InChI is InChI=1S/C12H17NOS/c1-8(2)13-11-5-3-4-9(11)6-10(7-15)12(13)14/h6,8,15H,3-5,7H2,1-2H3. The summed E-state index contributed by atoms with van der Waals surface area (Å²) < 4.78 is 1.95. The summed E-state index contributed by atoms with van der Waals surface area (Å²) in [7, 11) is 0. The molecule has 0 amide bonds. The molecule has 2 nitrogen and oxygen atoms in total. The lowest BCUT2D eigenvalue weighted by Crippen LogP contribution is -2.28. The number of hydrogen-bond acceptors (Lipinski definition) is 2. The third-order valence-electron chi connectivity index (χ3n) is 3.05. The van der Waals surface area contributed by atoms with Gasteiger partial charge >= 0.3 is 0 Å². The van der Waals surface area contributed by atoms with Gasteiger partial charge in [-0.05, 0) is 44.7 Å². The predicted molar refractivity (Wildman–Crippen MR) is 65.8 cm³/mol. The first kappa shape index (κ1) is 10.8. The van der Waals surface area contributed by atoms with E-state index in [1.807, 2.05) is 4.57 Å². The lowest BCUT2D eigenvalue weighted by atomic mass is 10.1. The van der Waals surface area contributed by atoms with Crippen LogP contribution in [0.2, 0.25) is 0 Å². The molecule has 1 heterocycles. The Morgan fingerprint density at radius 3 is 2.80 bits per heavy atom. The van der Waals surface area contributed by atoms with Crippen molar-refractivity contribution < 1.29 is 0 Å². The van der Waals surface area contributed by atoms with Crippen molar-refractivity contribution >= 4 is 12.6 Å². The molecule has 1 aliphatic rings. The van der Waals surface area contributed by atoms with Gasteiger partial charge < -0.3 is 4.57 Å². The summed E-state index contributed by atoms with van der Waals surface area (Å²) in [5.74, 6) is 0.541. The SMILES string of the molecule is CC(C)n1c2c(cc(CS)c1=O)CCC2. The lowest BCUT2D eigenvalue weighted by molar-refractivity contribution is 0.551. The largest absolute Gasteiger partial charge is 0.310 e. The maximum Gasteiger partial charge on any atom is 0.255 e. The normalized spacial score (nSPS) is 14.7. The average Bonchev–Trinajstić information content (AvgIpc) is 2.63. The van der Waals surface area contributed by atoms with Crippen LogP contribution in [0.5, 0.6) is 0 Å². The Bertz CT molecular complexity index is 434. The van der Waals surface area contributed by atoms with Crippen molar-refractivity contribution in [1.82, 2.24) is 4.57 Å². The molecular formula is C12H17NOS. The van der Waals surface area contributed by atoms with Crippen LogP contribution in [0, 0.1) is 0 Å². The van der Waals surface area contributed by atoms with Crippen molar-refractivity contribution in [2.45, 2.75) is 44.9 Å². The van der Waals surface area contributed by atoms with Gasteiger partial charge in [-0.3, -0.25) is 4.79 Å². The Balaban J connectivity index is 2.69. The van der Waals surface area contributed by atoms with E-state index in [9.17, 15) is 4.79 Å². The van der Waals surface area contributed by atoms with Gasteiger partial charge in [-0.25, -0.2) is 0 Å². The van der Waals surface area contributed by atoms with Crippen molar-refractivity contribution in [2.24, 2.45) is 0 Å². The summed E-state index contributed by atoms with van der Waals surface area (Å²) in [4.78, 5) is 12.1. The van der Waals surface area contributed by atoms with E-state index in [2.05, 4.69) is 32.5 Å². The monoisotopic (exact) mass is 223 g/mol. The predicted octanol–water partition coefficient (Wildman–Crippen LogP) is 2.35. The van der Waals surface area contributed by atoms with E-state index in [1.54, 1.807) is 0 Å². The second-order valence-electron chi connectivity index (χ2n) is 4.42. The number of pyridine rings is 1. The van der Waals surface area contributed by atoms with E-state index < -0.39 is 0 Å². The number of aromatic nitrogens is 1. The van der Waals surface area contributed by atoms with Gasteiger partial charge in [0, 0.05) is 23.1 Å². The summed E-state index contributed by atoms with van der Waals surface area (Å²) in [5.41, 5.74) is 3.60. The number of fused-ring (bicyclic) bond motifs is 1. The topological polar surface area (TPSA) is 22.0 Å². The fourth-order valence-corrected chi connectivity index (χ4v) is 2.62. The smallest absolute Gasteiger partial charge is 0.255 e. The Morgan fingerprint density at radius 2 is 2.20 bits per heavy atom. The minimum absolute atomic E-state index is 0.153. The molecular weight excluding hydrogens is 206 g/mol. The molecule has 3 heteroatoms. The van der Waals surface area contributed by atoms with Gasteiger partial charge in [0.1, 0.15) is 0 Å². The molecule has 0 N–H and O–H groups in total. The molecule has 0 radical (unpaired) electrons. The minimum atomic E-state index is 0.153. The van der Waals surface area contributed by atoms with E-state index in [-0.39, 0.29) is 11.6 Å². The molecule has 0 unspecified atom stereocenters. The summed E-state index contributed by atoms with van der Waals surface area (Å²) >= 11 is 4.22. The highest BCUT2D eigenvalue weighted by atomic mass is 32.1. The van der Waals surface area contributed by atoms with Crippen LogP contribution in [-0.2, 0) is 18.6 Å². The number of nitrogens with zero attached hydrogens (tertiary/aromatic N) is 1. The number of aryl methyl sites for hydroxylation is 1. The van der Waals surface area contributed by atoms with Gasteiger partial charge in [-0.15, -0.1) is 0 Å². The maximum atomic E-state index is 12.1. The molecule has 0 bridgehead atoms. The Labute approximate surface area is 95.7 Å². The quantitative estimate of drug-likeness (QED) is 0.764. The molecule has 0 aromatic carbocycles. The third kappa shape index (κ3) is 1.73. The summed E-state index contributed by atoms with van der Waals surface area (Å²) in [5, 5.41) is 0. The summed E-state index contributed by atoms with van der Waals surface area (Å²) in [6, 6.07) is 2.31. The van der Waals surface area contributed by atoms with Gasteiger partial charge in [0.2, 0.25) is 0 Å². The van der Waals surface area contributed by atoms with Crippen molar-refractivity contribution in [3.63, 3.8) is 0 Å². The molecule has 0 saturated heterocycles. The molecule has 0 saturated carbocycles. The van der Waals surface area contributed by atoms with Crippen molar-refractivity contribution in [3.05, 3.63) is 33.2 Å². The first-order chi connectivity index (χ1) is 7.15. The van der Waals surface area contributed by atoms with Gasteiger partial charge in [0.05, 0.1) is 0 Å². The Kier molecular flexibility index (Phi) is 2.91. The molecule has 0 atom stereocenters. The zero-order valence-corrected chi connectivity index (χ0v) is 10.2. The highest BCUT2D eigenvalue weighted by molar-refractivity contribution is 7.79. The zero-order valence-electron chi connectivity index (χ0n) is 9.29. The second-order valence-corrected chi connectivity index (χ2v) is 4.74. The lowest BCUT2D eigenvalue weighted by Gasteiger charge is -2.17. The van der Waals surface area contributed by atoms with Crippen LogP contribution in [0.15, 0.2) is 10.9 Å². The van der Waals surface area contributed by atoms with Gasteiger partial charge in [0.25, 0.3) is 5.56 Å². The molecule has 0 aliphatic heterocycles. The third-order valence-corrected chi connectivity index (χ3v) is 3.39. The molecule has 2 rings (SSSR count). The van der Waals surface area contributed by atoms with Crippen molar-refractivity contribution in [1.29, 1.82) is 0 Å². The van der Waals surface area contributed by atoms with E-state index in [4.69, 9.17) is 0 Å². The highest BCUT2D eigenvalue weighted by Gasteiger charge is 2.19. The first-order valence-electron chi connectivity index (χ1n) is 5.52. The van der Waals surface area contributed by atoms with Crippen LogP contribution in [0.1, 0.15) is 43.1 Å². The molecule has 0 spiro atoms. The maximum absolute atomic E-state index is 12.1. The van der Waals surface area contributed by atoms with E-state index >= 15 is 0 Å². The zero-order chi connectivity index (χ0) is 11.0. The summed E-state index contributed by atoms with van der Waals surface area (Å²) in [6.07, 6.45) is 3.34. The van der Waals surface area contributed by atoms with Crippen LogP contribution in [-0.4, -0.2) is 4.57 Å². The fraction of sp³-hybridized carbons (Fsp3) is 0.583. The molecule has 0 fully saturated rings. The van der Waals surface area contributed by atoms with Crippen LogP contribution >= 0.6 is 12.6 Å². The molecule has 1 aliphatic carbocycles. The Morgan fingerprint density at radius 1 is 1.47 bits per heavy atom. The number of rotatable bonds is 2. The molecule has 1 aromatic heterocycles. The van der Waals surface area contributed by atoms with E-state index in [0.29, 0.717) is 5.75 Å². The fourth-order valence-electron chi connectivity index (χ4n) is 2.39. The molecule has 1 aromatic rings. The van der Waals surface area contributed by atoms with Crippen LogP contribution < -0.4 is 5.56 Å². The van der Waals surface area contributed by atoms with Crippen LogP contribution in [0.3, 0.4) is 0 Å². The Hall–Kier alpha value is -0.700. The van der Waals surface area contributed by atoms with Crippen molar-refractivity contribution in [3.8, 4) is 0 Å². The molecule has 82 valence electrons. The van der Waals surface area contributed by atoms with E-state index in [1.165, 1.54) is 17.7 Å². The minimum Gasteiger partial charge on any atom is -0.310 e. The van der Waals surface area contributed by atoms with Gasteiger partial charge in [0.15, 0.2) is 0 Å². The highest BCUT2D eigenvalue weighted by Crippen LogP contribution is 2.23. The number of thiol groups is 1. The van der Waals surface area contributed by atoms with Gasteiger partial charge in [-0.2, -0.15) is 12.6 Å². The van der Waals surface area contributed by atoms with Gasteiger partial charge in [-0.1, -0.05) is 0 Å². The first-order valence-corrected chi connectivity index (χ1v) is 6.15. The average molecular weight is 223 g/mol. The van der Waals surface area contributed by atoms with E-state index in [0.717, 1.165) is 18.4 Å². The number of hydrogen-bond donors (Lipinski definition) is 1. The van der Waals surface area contributed by atoms with Crippen molar-refractivity contribution in [2.75, 3.05) is 0 Å². The van der Waals surface area contributed by atoms with Crippen LogP contribution in [0.25, 0.3) is 0 Å². The van der Waals surface area contributed by atoms with Crippen LogP contribution in [0.4, 0.5) is 0 Å².